The minimum atomic E-state index is -0.420. The lowest BCUT2D eigenvalue weighted by Gasteiger charge is -2.43. The van der Waals surface area contributed by atoms with Crippen molar-refractivity contribution >= 4 is 6.09 Å². The summed E-state index contributed by atoms with van der Waals surface area (Å²) in [4.78, 5) is 11.8. The Morgan fingerprint density at radius 1 is 1.17 bits per heavy atom. The minimum absolute atomic E-state index is 0.277. The first-order valence-electron chi connectivity index (χ1n) is 7.10. The highest BCUT2D eigenvalue weighted by atomic mass is 16.6. The van der Waals surface area contributed by atoms with E-state index in [2.05, 4.69) is 5.32 Å². The molecule has 4 heteroatoms. The molecule has 0 aromatic heterocycles. The first-order chi connectivity index (χ1) is 8.35. The van der Waals surface area contributed by atoms with Gasteiger partial charge < -0.3 is 15.8 Å². The van der Waals surface area contributed by atoms with Crippen molar-refractivity contribution in [2.75, 3.05) is 0 Å². The van der Waals surface area contributed by atoms with Gasteiger partial charge in [-0.1, -0.05) is 0 Å². The van der Waals surface area contributed by atoms with E-state index in [-0.39, 0.29) is 12.1 Å². The molecule has 4 atom stereocenters. The Balaban J connectivity index is 1.86. The molecular formula is C14H26N2O2. The fourth-order valence-electron chi connectivity index (χ4n) is 3.30. The van der Waals surface area contributed by atoms with Gasteiger partial charge in [-0.05, 0) is 64.7 Å². The number of hydrogen-bond donors (Lipinski definition) is 2. The van der Waals surface area contributed by atoms with E-state index in [9.17, 15) is 4.79 Å². The molecule has 2 bridgehead atoms. The summed E-state index contributed by atoms with van der Waals surface area (Å²) in [6.45, 7) is 5.68. The Morgan fingerprint density at radius 2 is 1.83 bits per heavy atom. The van der Waals surface area contributed by atoms with Crippen LogP contribution in [0.15, 0.2) is 0 Å². The SMILES string of the molecule is CC(C)(C)OC(=O)NC1CCC2CC1CCC2N. The van der Waals surface area contributed by atoms with Gasteiger partial charge in [-0.2, -0.15) is 0 Å². The topological polar surface area (TPSA) is 64.3 Å². The molecule has 2 aliphatic carbocycles. The van der Waals surface area contributed by atoms with Crippen LogP contribution < -0.4 is 11.1 Å². The Morgan fingerprint density at radius 3 is 2.50 bits per heavy atom. The van der Waals surface area contributed by atoms with E-state index in [4.69, 9.17) is 10.5 Å². The number of alkyl carbamates (subject to hydrolysis) is 1. The van der Waals surface area contributed by atoms with Crippen LogP contribution in [0.5, 0.6) is 0 Å². The van der Waals surface area contributed by atoms with Crippen molar-refractivity contribution in [2.45, 2.75) is 70.6 Å². The monoisotopic (exact) mass is 254 g/mol. The summed E-state index contributed by atoms with van der Waals surface area (Å²) in [5, 5.41) is 3.04. The average molecular weight is 254 g/mol. The van der Waals surface area contributed by atoms with Crippen LogP contribution in [0.1, 0.15) is 52.9 Å². The standard InChI is InChI=1S/C14H26N2O2/c1-14(2,3)18-13(17)16-12-7-5-9-8-10(12)4-6-11(9)15/h9-12H,4-8,15H2,1-3H3,(H,16,17). The molecule has 0 heterocycles. The maximum absolute atomic E-state index is 11.8. The third kappa shape index (κ3) is 3.37. The van der Waals surface area contributed by atoms with Crippen molar-refractivity contribution in [3.8, 4) is 0 Å². The maximum Gasteiger partial charge on any atom is 0.407 e. The molecule has 3 N–H and O–H groups in total. The summed E-state index contributed by atoms with van der Waals surface area (Å²) in [6.07, 6.45) is 5.31. The third-order valence-corrected chi connectivity index (χ3v) is 4.20. The molecule has 4 nitrogen and oxygen atoms in total. The van der Waals surface area contributed by atoms with Gasteiger partial charge in [0.05, 0.1) is 0 Å². The van der Waals surface area contributed by atoms with E-state index < -0.39 is 5.60 Å². The van der Waals surface area contributed by atoms with Crippen molar-refractivity contribution in [3.63, 3.8) is 0 Å². The van der Waals surface area contributed by atoms with Crippen LogP contribution in [0.2, 0.25) is 0 Å². The molecule has 18 heavy (non-hydrogen) atoms. The average Bonchev–Trinajstić information content (AvgIpc) is 2.24. The lowest BCUT2D eigenvalue weighted by molar-refractivity contribution is 0.0418. The second-order valence-corrected chi connectivity index (χ2v) is 6.83. The van der Waals surface area contributed by atoms with E-state index in [0.29, 0.717) is 17.9 Å². The summed E-state index contributed by atoms with van der Waals surface area (Å²) in [7, 11) is 0. The number of rotatable bonds is 1. The Hall–Kier alpha value is -0.770. The molecule has 0 saturated heterocycles. The lowest BCUT2D eigenvalue weighted by atomic mass is 9.68. The molecule has 0 aromatic carbocycles. The molecule has 0 radical (unpaired) electrons. The van der Waals surface area contributed by atoms with Gasteiger partial charge in [0.15, 0.2) is 0 Å². The number of carbonyl (C=O) groups is 1. The molecular weight excluding hydrogens is 228 g/mol. The molecule has 2 aliphatic rings. The number of nitrogens with two attached hydrogens (primary N) is 1. The van der Waals surface area contributed by atoms with E-state index >= 15 is 0 Å². The number of amides is 1. The van der Waals surface area contributed by atoms with Crippen molar-refractivity contribution < 1.29 is 9.53 Å². The molecule has 2 saturated carbocycles. The molecule has 0 aromatic rings. The van der Waals surface area contributed by atoms with Gasteiger partial charge in [-0.3, -0.25) is 0 Å². The normalized spacial score (nSPS) is 36.0. The predicted octanol–water partition coefficient (Wildman–Crippen LogP) is 2.42. The fourth-order valence-corrected chi connectivity index (χ4v) is 3.30. The van der Waals surface area contributed by atoms with Gasteiger partial charge in [-0.15, -0.1) is 0 Å². The van der Waals surface area contributed by atoms with Gasteiger partial charge in [0, 0.05) is 12.1 Å². The third-order valence-electron chi connectivity index (χ3n) is 4.20. The number of ether oxygens (including phenoxy) is 1. The van der Waals surface area contributed by atoms with Crippen LogP contribution in [0.4, 0.5) is 4.79 Å². The lowest BCUT2D eigenvalue weighted by Crippen LogP contribution is -2.50. The summed E-state index contributed by atoms with van der Waals surface area (Å²) in [5.74, 6) is 1.26. The first-order valence-corrected chi connectivity index (χ1v) is 7.10. The molecule has 2 rings (SSSR count). The summed E-state index contributed by atoms with van der Waals surface area (Å²) in [5.41, 5.74) is 5.68. The Bertz CT molecular complexity index is 311. The zero-order valence-electron chi connectivity index (χ0n) is 11.7. The molecule has 2 fully saturated rings. The first kappa shape index (κ1) is 13.7. The van der Waals surface area contributed by atoms with Gasteiger partial charge >= 0.3 is 6.09 Å². The van der Waals surface area contributed by atoms with Crippen molar-refractivity contribution in [2.24, 2.45) is 17.6 Å². The predicted molar refractivity (Wildman–Crippen MR) is 71.2 cm³/mol. The Kier molecular flexibility index (Phi) is 3.85. The molecule has 1 amide bonds. The molecule has 104 valence electrons. The minimum Gasteiger partial charge on any atom is -0.444 e. The summed E-state index contributed by atoms with van der Waals surface area (Å²) < 4.78 is 5.32. The van der Waals surface area contributed by atoms with Gasteiger partial charge in [0.25, 0.3) is 0 Å². The summed E-state index contributed by atoms with van der Waals surface area (Å²) >= 11 is 0. The van der Waals surface area contributed by atoms with Crippen molar-refractivity contribution in [3.05, 3.63) is 0 Å². The number of carbonyl (C=O) groups excluding carboxylic acids is 1. The zero-order chi connectivity index (χ0) is 13.3. The molecule has 4 unspecified atom stereocenters. The number of fused-ring (bicyclic) bond motifs is 2. The second kappa shape index (κ2) is 5.08. The Labute approximate surface area is 110 Å². The maximum atomic E-state index is 11.8. The van der Waals surface area contributed by atoms with Gasteiger partial charge in [0.1, 0.15) is 5.60 Å². The van der Waals surface area contributed by atoms with E-state index in [1.165, 1.54) is 6.42 Å². The van der Waals surface area contributed by atoms with E-state index in [1.807, 2.05) is 20.8 Å². The zero-order valence-corrected chi connectivity index (χ0v) is 11.7. The van der Waals surface area contributed by atoms with Crippen LogP contribution in [-0.4, -0.2) is 23.8 Å². The van der Waals surface area contributed by atoms with Crippen molar-refractivity contribution in [1.29, 1.82) is 0 Å². The van der Waals surface area contributed by atoms with Crippen LogP contribution in [0.3, 0.4) is 0 Å². The smallest absolute Gasteiger partial charge is 0.407 e. The number of nitrogens with one attached hydrogen (secondary N) is 1. The van der Waals surface area contributed by atoms with Gasteiger partial charge in [0.2, 0.25) is 0 Å². The largest absolute Gasteiger partial charge is 0.444 e. The molecule has 0 spiro atoms. The number of hydrogen-bond acceptors (Lipinski definition) is 3. The second-order valence-electron chi connectivity index (χ2n) is 6.83. The van der Waals surface area contributed by atoms with Crippen LogP contribution in [0.25, 0.3) is 0 Å². The van der Waals surface area contributed by atoms with Crippen LogP contribution in [-0.2, 0) is 4.74 Å². The fraction of sp³-hybridized carbons (Fsp3) is 0.929. The highest BCUT2D eigenvalue weighted by Gasteiger charge is 2.38. The van der Waals surface area contributed by atoms with Crippen LogP contribution >= 0.6 is 0 Å². The van der Waals surface area contributed by atoms with Gasteiger partial charge in [-0.25, -0.2) is 4.79 Å². The van der Waals surface area contributed by atoms with E-state index in [1.54, 1.807) is 0 Å². The highest BCUT2D eigenvalue weighted by molar-refractivity contribution is 5.68. The highest BCUT2D eigenvalue weighted by Crippen LogP contribution is 2.39. The quantitative estimate of drug-likeness (QED) is 0.755. The molecule has 0 aliphatic heterocycles. The van der Waals surface area contributed by atoms with E-state index in [0.717, 1.165) is 25.7 Å². The van der Waals surface area contributed by atoms with Crippen LogP contribution in [0, 0.1) is 11.8 Å². The summed E-state index contributed by atoms with van der Waals surface area (Å²) in [6, 6.07) is 0.660. The van der Waals surface area contributed by atoms with Crippen molar-refractivity contribution in [1.82, 2.24) is 5.32 Å².